The lowest BCUT2D eigenvalue weighted by molar-refractivity contribution is 0.125. The molecule has 4 nitrogen and oxygen atoms in total. The first-order chi connectivity index (χ1) is 10.8. The normalized spacial score (nSPS) is 17.3. The van der Waals surface area contributed by atoms with E-state index in [0.717, 1.165) is 51.1 Å². The van der Waals surface area contributed by atoms with Crippen molar-refractivity contribution in [3.8, 4) is 0 Å². The van der Waals surface area contributed by atoms with E-state index in [2.05, 4.69) is 34.1 Å². The summed E-state index contributed by atoms with van der Waals surface area (Å²) in [4.78, 5) is 9.80. The number of hydrogen-bond acceptors (Lipinski definition) is 5. The number of fused-ring (bicyclic) bond motifs is 1. The number of aromatic nitrogens is 1. The predicted molar refractivity (Wildman–Crippen MR) is 92.3 cm³/mol. The highest BCUT2D eigenvalue weighted by atomic mass is 32.1. The number of benzene rings is 1. The van der Waals surface area contributed by atoms with Gasteiger partial charge in [0.2, 0.25) is 0 Å². The first kappa shape index (κ1) is 15.9. The van der Waals surface area contributed by atoms with Gasteiger partial charge in [0.15, 0.2) is 0 Å². The van der Waals surface area contributed by atoms with Crippen molar-refractivity contribution in [2.75, 3.05) is 39.3 Å². The first-order valence-electron chi connectivity index (χ1n) is 8.25. The Labute approximate surface area is 136 Å². The standard InChI is InChI=1S/C17H25N3OS/c21-13-5-1-4-8-19-9-11-20(12-10-19)14-17-18-15-6-2-3-7-16(15)22-17/h2-3,6-7,21H,1,4-5,8-14H2. The lowest BCUT2D eigenvalue weighted by Gasteiger charge is -2.34. The highest BCUT2D eigenvalue weighted by molar-refractivity contribution is 7.18. The quantitative estimate of drug-likeness (QED) is 0.796. The summed E-state index contributed by atoms with van der Waals surface area (Å²) in [6.07, 6.45) is 3.29. The zero-order valence-corrected chi connectivity index (χ0v) is 13.9. The molecule has 0 aliphatic carbocycles. The van der Waals surface area contributed by atoms with Crippen LogP contribution in [0.15, 0.2) is 24.3 Å². The molecule has 0 spiro atoms. The summed E-state index contributed by atoms with van der Waals surface area (Å²) in [5.74, 6) is 0. The fourth-order valence-corrected chi connectivity index (χ4v) is 3.98. The van der Waals surface area contributed by atoms with Crippen molar-refractivity contribution in [1.29, 1.82) is 0 Å². The van der Waals surface area contributed by atoms with E-state index in [9.17, 15) is 0 Å². The van der Waals surface area contributed by atoms with Gasteiger partial charge in [-0.05, 0) is 37.9 Å². The molecule has 0 saturated carbocycles. The maximum Gasteiger partial charge on any atom is 0.108 e. The maximum absolute atomic E-state index is 8.81. The molecule has 5 heteroatoms. The Hall–Kier alpha value is -1.01. The molecule has 0 radical (unpaired) electrons. The van der Waals surface area contributed by atoms with E-state index in [1.54, 1.807) is 0 Å². The first-order valence-corrected chi connectivity index (χ1v) is 9.07. The molecule has 3 rings (SSSR count). The van der Waals surface area contributed by atoms with Crippen molar-refractivity contribution in [3.05, 3.63) is 29.3 Å². The molecule has 0 unspecified atom stereocenters. The van der Waals surface area contributed by atoms with Gasteiger partial charge in [0.1, 0.15) is 5.01 Å². The van der Waals surface area contributed by atoms with Gasteiger partial charge in [-0.1, -0.05) is 12.1 Å². The third-order valence-electron chi connectivity index (χ3n) is 4.29. The molecule has 2 heterocycles. The second kappa shape index (κ2) is 8.02. The number of aliphatic hydroxyl groups excluding tert-OH is 1. The topological polar surface area (TPSA) is 39.6 Å². The number of rotatable bonds is 7. The highest BCUT2D eigenvalue weighted by Gasteiger charge is 2.17. The Balaban J connectivity index is 1.43. The zero-order valence-electron chi connectivity index (χ0n) is 13.1. The number of nitrogens with zero attached hydrogens (tertiary/aromatic N) is 3. The van der Waals surface area contributed by atoms with Crippen LogP contribution in [0.4, 0.5) is 0 Å². The minimum Gasteiger partial charge on any atom is -0.396 e. The summed E-state index contributed by atoms with van der Waals surface area (Å²) >= 11 is 1.82. The summed E-state index contributed by atoms with van der Waals surface area (Å²) in [5, 5.41) is 10.0. The molecule has 0 amide bonds. The van der Waals surface area contributed by atoms with Gasteiger partial charge in [0.05, 0.1) is 16.8 Å². The fraction of sp³-hybridized carbons (Fsp3) is 0.588. The molecule has 22 heavy (non-hydrogen) atoms. The third kappa shape index (κ3) is 4.26. The van der Waals surface area contributed by atoms with E-state index in [-0.39, 0.29) is 0 Å². The van der Waals surface area contributed by atoms with E-state index in [1.165, 1.54) is 22.7 Å². The monoisotopic (exact) mass is 319 g/mol. The Bertz CT molecular complexity index is 545. The molecular weight excluding hydrogens is 294 g/mol. The van der Waals surface area contributed by atoms with Crippen molar-refractivity contribution in [2.24, 2.45) is 0 Å². The second-order valence-electron chi connectivity index (χ2n) is 5.98. The van der Waals surface area contributed by atoms with Gasteiger partial charge in [0.25, 0.3) is 0 Å². The SMILES string of the molecule is OCCCCCN1CCN(Cc2nc3ccccc3s2)CC1. The van der Waals surface area contributed by atoms with Crippen LogP contribution in [0.1, 0.15) is 24.3 Å². The number of piperazine rings is 1. The van der Waals surface area contributed by atoms with E-state index in [4.69, 9.17) is 10.1 Å². The van der Waals surface area contributed by atoms with E-state index in [0.29, 0.717) is 6.61 Å². The van der Waals surface area contributed by atoms with Gasteiger partial charge in [-0.3, -0.25) is 4.90 Å². The van der Waals surface area contributed by atoms with Crippen LogP contribution in [0.2, 0.25) is 0 Å². The Morgan fingerprint density at radius 3 is 2.55 bits per heavy atom. The van der Waals surface area contributed by atoms with E-state index < -0.39 is 0 Å². The zero-order chi connectivity index (χ0) is 15.2. The number of unbranched alkanes of at least 4 members (excludes halogenated alkanes) is 2. The molecule has 1 aromatic carbocycles. The number of hydrogen-bond donors (Lipinski definition) is 1. The largest absolute Gasteiger partial charge is 0.396 e. The number of thiazole rings is 1. The second-order valence-corrected chi connectivity index (χ2v) is 7.09. The highest BCUT2D eigenvalue weighted by Crippen LogP contribution is 2.23. The van der Waals surface area contributed by atoms with Crippen LogP contribution in [-0.4, -0.2) is 59.2 Å². The van der Waals surface area contributed by atoms with Gasteiger partial charge in [-0.2, -0.15) is 0 Å². The van der Waals surface area contributed by atoms with Crippen molar-refractivity contribution in [3.63, 3.8) is 0 Å². The maximum atomic E-state index is 8.81. The Kier molecular flexibility index (Phi) is 5.78. The van der Waals surface area contributed by atoms with Gasteiger partial charge >= 0.3 is 0 Å². The minimum absolute atomic E-state index is 0.329. The van der Waals surface area contributed by atoms with Gasteiger partial charge < -0.3 is 10.0 Å². The molecule has 2 aromatic rings. The van der Waals surface area contributed by atoms with E-state index in [1.807, 2.05) is 11.3 Å². The molecule has 1 saturated heterocycles. The summed E-state index contributed by atoms with van der Waals surface area (Å²) in [5.41, 5.74) is 1.13. The van der Waals surface area contributed by atoms with Crippen molar-refractivity contribution >= 4 is 21.6 Å². The van der Waals surface area contributed by atoms with Gasteiger partial charge in [0, 0.05) is 32.8 Å². The average Bonchev–Trinajstić information content (AvgIpc) is 2.95. The molecule has 1 fully saturated rings. The molecular formula is C17H25N3OS. The molecule has 0 atom stereocenters. The van der Waals surface area contributed by atoms with E-state index >= 15 is 0 Å². The fourth-order valence-electron chi connectivity index (χ4n) is 2.97. The Morgan fingerprint density at radius 2 is 1.77 bits per heavy atom. The Morgan fingerprint density at radius 1 is 1.00 bits per heavy atom. The van der Waals surface area contributed by atoms with Crippen molar-refractivity contribution in [1.82, 2.24) is 14.8 Å². The minimum atomic E-state index is 0.329. The lowest BCUT2D eigenvalue weighted by Crippen LogP contribution is -2.46. The number of aliphatic hydroxyl groups is 1. The predicted octanol–water partition coefficient (Wildman–Crippen LogP) is 2.58. The van der Waals surface area contributed by atoms with Gasteiger partial charge in [-0.25, -0.2) is 4.98 Å². The van der Waals surface area contributed by atoms with Gasteiger partial charge in [-0.15, -0.1) is 11.3 Å². The van der Waals surface area contributed by atoms with Crippen LogP contribution in [0.3, 0.4) is 0 Å². The molecule has 1 N–H and O–H groups in total. The third-order valence-corrected chi connectivity index (χ3v) is 5.32. The van der Waals surface area contributed by atoms with Crippen LogP contribution in [-0.2, 0) is 6.54 Å². The van der Waals surface area contributed by atoms with Crippen LogP contribution in [0.5, 0.6) is 0 Å². The summed E-state index contributed by atoms with van der Waals surface area (Å²) in [6, 6.07) is 8.39. The van der Waals surface area contributed by atoms with Crippen molar-refractivity contribution in [2.45, 2.75) is 25.8 Å². The molecule has 1 aliphatic heterocycles. The summed E-state index contributed by atoms with van der Waals surface area (Å²) in [7, 11) is 0. The van der Waals surface area contributed by atoms with Crippen molar-refractivity contribution < 1.29 is 5.11 Å². The smallest absolute Gasteiger partial charge is 0.108 e. The summed E-state index contributed by atoms with van der Waals surface area (Å²) in [6.45, 7) is 7.07. The molecule has 120 valence electrons. The number of para-hydroxylation sites is 1. The molecule has 0 bridgehead atoms. The lowest BCUT2D eigenvalue weighted by atomic mass is 10.2. The summed E-state index contributed by atoms with van der Waals surface area (Å²) < 4.78 is 1.29. The molecule has 1 aromatic heterocycles. The average molecular weight is 319 g/mol. The molecule has 1 aliphatic rings. The van der Waals surface area contributed by atoms with Crippen LogP contribution >= 0.6 is 11.3 Å². The van der Waals surface area contributed by atoms with Crippen LogP contribution in [0.25, 0.3) is 10.2 Å². The van der Waals surface area contributed by atoms with Crippen LogP contribution < -0.4 is 0 Å². The van der Waals surface area contributed by atoms with Crippen LogP contribution in [0, 0.1) is 0 Å².